The number of nitrogens with one attached hydrogen (secondary N) is 3. The van der Waals surface area contributed by atoms with Crippen molar-refractivity contribution in [2.75, 3.05) is 78.4 Å². The molecule has 3 aliphatic rings. The lowest BCUT2D eigenvalue weighted by atomic mass is 10.2. The van der Waals surface area contributed by atoms with E-state index >= 15 is 0 Å². The lowest BCUT2D eigenvalue weighted by Crippen LogP contribution is -2.32. The zero-order valence-electron chi connectivity index (χ0n) is 36.3. The molecule has 0 aliphatic carbocycles. The smallest absolute Gasteiger partial charge is 0.414 e. The predicted molar refractivity (Wildman–Crippen MR) is 284 cm³/mol. The number of alkyl halides is 1. The Morgan fingerprint density at radius 3 is 1.14 bits per heavy atom. The molecule has 70 heavy (non-hydrogen) atoms. The summed E-state index contributed by atoms with van der Waals surface area (Å²) >= 11 is 14.7. The first-order valence-corrected chi connectivity index (χ1v) is 25.4. The number of carbonyl (C=O) groups excluding carboxylic acids is 3. The highest BCUT2D eigenvalue weighted by molar-refractivity contribution is 7.85. The highest BCUT2D eigenvalue weighted by Gasteiger charge is 2.35. The van der Waals surface area contributed by atoms with Gasteiger partial charge in [0.2, 0.25) is 0 Å². The minimum absolute atomic E-state index is 0. The molecule has 3 aliphatic heterocycles. The molecular formula is C45H64F4N6O9S6. The van der Waals surface area contributed by atoms with E-state index in [2.05, 4.69) is 16.0 Å². The normalized spacial score (nSPS) is 17.9. The first-order valence-electron chi connectivity index (χ1n) is 19.9. The lowest BCUT2D eigenvalue weighted by Gasteiger charge is -2.14. The van der Waals surface area contributed by atoms with Gasteiger partial charge in [0.1, 0.15) is 42.4 Å². The van der Waals surface area contributed by atoms with Crippen molar-refractivity contribution in [3.8, 4) is 0 Å². The van der Waals surface area contributed by atoms with Gasteiger partial charge in [-0.1, -0.05) is 73.3 Å². The second-order valence-corrected chi connectivity index (χ2v) is 20.8. The van der Waals surface area contributed by atoms with Crippen LogP contribution >= 0.6 is 36.7 Å². The summed E-state index contributed by atoms with van der Waals surface area (Å²) in [5.41, 5.74) is 1.07. The minimum atomic E-state index is -1.74. The maximum atomic E-state index is 14.0. The molecule has 3 unspecified atom stereocenters. The van der Waals surface area contributed by atoms with Crippen LogP contribution in [0.4, 0.5) is 49.0 Å². The number of thiocarbonyl (C=S) groups is 3. The van der Waals surface area contributed by atoms with Gasteiger partial charge in [-0.15, -0.1) is 0 Å². The van der Waals surface area contributed by atoms with Crippen molar-refractivity contribution >= 4 is 119 Å². The maximum Gasteiger partial charge on any atom is 0.414 e. The third kappa shape index (κ3) is 18.8. The molecule has 6 rings (SSSR count). The Balaban J connectivity index is 0.000000993. The molecule has 0 bridgehead atoms. The Bertz CT molecular complexity index is 2390. The summed E-state index contributed by atoms with van der Waals surface area (Å²) in [6.07, 6.45) is -1.35. The molecule has 25 heteroatoms. The number of rotatable bonds is 15. The summed E-state index contributed by atoms with van der Waals surface area (Å²) in [5.74, 6) is -1.84. The first-order chi connectivity index (χ1) is 31.2. The van der Waals surface area contributed by atoms with Crippen molar-refractivity contribution in [1.29, 1.82) is 0 Å². The molecule has 3 saturated heterocycles. The molecule has 3 heterocycles. The van der Waals surface area contributed by atoms with Gasteiger partial charge in [-0.05, 0) is 75.4 Å². The number of amides is 3. The molecular weight excluding hydrogens is 1040 g/mol. The summed E-state index contributed by atoms with van der Waals surface area (Å²) in [6, 6.07) is 12.3. The standard InChI is InChI=1S/C14H16F2N2O3S2.C14H17FN2O3S2.C13H15FN2O3S2.4CH4/c1-9(22)17-7-11-8-18(14(19)21-11)10-2-3-13(12(16)6-10)23(20)5-4-15;1-3-22(19)13-5-4-10(6-12(13)15)17-8-11(20-14(17)18)7-16-9(2)21;1-8(20)15-6-10-7-16(13(17)19-10)9-3-4-12(21(2)18)11(14)5-9;;;;/h2-3,6,11H,4-5,7-8H2,1H3,(H,17,22);4-6,11H,3,7-8H2,1-2H3,(H,16,21);3-5,10H,6-7H2,1-2H3,(H,15,20);4*1H4/t11-,23?;11-,22?;10-,21?;;;;/m000..../s1. The Kier molecular flexibility index (Phi) is 28.8. The van der Waals surface area contributed by atoms with Crippen molar-refractivity contribution in [3.63, 3.8) is 0 Å². The SMILES string of the molecule is C.C.C.C.CC(=S)NC[C@H]1CN(c2ccc(S(=O)CCF)c(F)c2)C(=O)O1.CC(=S)NC[C@H]1CN(c2ccc(S(C)=O)c(F)c2)C(=O)O1.CCS(=O)c1ccc(N2C[C@H](CNC(C)=S)OC2=O)cc1F. The Morgan fingerprint density at radius 1 is 0.586 bits per heavy atom. The highest BCUT2D eigenvalue weighted by Crippen LogP contribution is 2.28. The van der Waals surface area contributed by atoms with E-state index in [0.717, 1.165) is 6.07 Å². The van der Waals surface area contributed by atoms with Crippen LogP contribution in [-0.4, -0.2) is 128 Å². The number of benzene rings is 3. The van der Waals surface area contributed by atoms with Gasteiger partial charge >= 0.3 is 18.3 Å². The molecule has 15 nitrogen and oxygen atoms in total. The third-order valence-corrected chi connectivity index (χ3v) is 13.4. The van der Waals surface area contributed by atoms with Gasteiger partial charge < -0.3 is 30.2 Å². The van der Waals surface area contributed by atoms with E-state index in [0.29, 0.717) is 70.5 Å². The molecule has 3 N–H and O–H groups in total. The van der Waals surface area contributed by atoms with Gasteiger partial charge in [0.05, 0.1) is 124 Å². The van der Waals surface area contributed by atoms with Crippen molar-refractivity contribution < 1.29 is 58.8 Å². The summed E-state index contributed by atoms with van der Waals surface area (Å²) in [7, 11) is -4.52. The summed E-state index contributed by atoms with van der Waals surface area (Å²) in [6.45, 7) is 8.20. The summed E-state index contributed by atoms with van der Waals surface area (Å²) < 4.78 is 104. The maximum absolute atomic E-state index is 14.0. The second kappa shape index (κ2) is 30.9. The first kappa shape index (κ1) is 65.3. The zero-order chi connectivity index (χ0) is 48.8. The number of cyclic esters (lactones) is 3. The van der Waals surface area contributed by atoms with Crippen LogP contribution in [0.5, 0.6) is 0 Å². The largest absolute Gasteiger partial charge is 0.442 e. The molecule has 3 amide bonds. The molecule has 3 aromatic carbocycles. The number of carbonyl (C=O) groups is 3. The van der Waals surface area contributed by atoms with Crippen LogP contribution < -0.4 is 30.7 Å². The Hall–Kier alpha value is -4.69. The van der Waals surface area contributed by atoms with E-state index in [1.807, 2.05) is 0 Å². The molecule has 0 spiro atoms. The second-order valence-electron chi connectivity index (χ2n) is 14.3. The highest BCUT2D eigenvalue weighted by atomic mass is 32.2. The van der Waals surface area contributed by atoms with Crippen LogP contribution in [0.25, 0.3) is 0 Å². The van der Waals surface area contributed by atoms with Gasteiger partial charge in [-0.3, -0.25) is 31.7 Å². The van der Waals surface area contributed by atoms with Crippen LogP contribution in [0.3, 0.4) is 0 Å². The summed E-state index contributed by atoms with van der Waals surface area (Å²) in [4.78, 5) is 41.6. The number of hydrogen-bond acceptors (Lipinski definition) is 12. The van der Waals surface area contributed by atoms with E-state index in [4.69, 9.17) is 50.9 Å². The lowest BCUT2D eigenvalue weighted by molar-refractivity contribution is 0.142. The number of anilines is 3. The van der Waals surface area contributed by atoms with E-state index in [-0.39, 0.29) is 68.9 Å². The molecule has 3 aromatic rings. The zero-order valence-corrected chi connectivity index (χ0v) is 41.2. The van der Waals surface area contributed by atoms with Crippen molar-refractivity contribution in [2.45, 2.75) is 90.4 Å². The number of hydrogen-bond donors (Lipinski definition) is 3. The van der Waals surface area contributed by atoms with Crippen LogP contribution in [0.2, 0.25) is 0 Å². The average Bonchev–Trinajstić information content (AvgIpc) is 3.96. The van der Waals surface area contributed by atoms with Crippen LogP contribution in [0.1, 0.15) is 57.4 Å². The molecule has 0 saturated carbocycles. The minimum Gasteiger partial charge on any atom is -0.442 e. The molecule has 6 atom stereocenters. The van der Waals surface area contributed by atoms with Gasteiger partial charge in [0.25, 0.3) is 0 Å². The fourth-order valence-corrected chi connectivity index (χ4v) is 8.71. The Morgan fingerprint density at radius 2 is 0.886 bits per heavy atom. The molecule has 0 radical (unpaired) electrons. The molecule has 392 valence electrons. The van der Waals surface area contributed by atoms with Crippen LogP contribution in [-0.2, 0) is 46.6 Å². The third-order valence-electron chi connectivity index (χ3n) is 9.36. The number of ether oxygens (including phenoxy) is 3. The molecule has 3 fully saturated rings. The van der Waals surface area contributed by atoms with Crippen LogP contribution in [0, 0.1) is 17.5 Å². The topological polar surface area (TPSA) is 176 Å². The van der Waals surface area contributed by atoms with Gasteiger partial charge in [-0.2, -0.15) is 0 Å². The number of halogens is 4. The number of nitrogens with zero attached hydrogens (tertiary/aromatic N) is 3. The van der Waals surface area contributed by atoms with Crippen molar-refractivity contribution in [1.82, 2.24) is 16.0 Å². The fraction of sp³-hybridized carbons (Fsp3) is 0.467. The molecule has 0 aromatic heterocycles. The van der Waals surface area contributed by atoms with Crippen molar-refractivity contribution in [3.05, 3.63) is 72.0 Å². The monoisotopic (exact) mass is 1100 g/mol. The fourth-order valence-electron chi connectivity index (χ4n) is 6.20. The van der Waals surface area contributed by atoms with Crippen LogP contribution in [0.15, 0.2) is 69.3 Å². The van der Waals surface area contributed by atoms with Gasteiger partial charge in [0.15, 0.2) is 0 Å². The van der Waals surface area contributed by atoms with E-state index < -0.39 is 80.9 Å². The van der Waals surface area contributed by atoms with Gasteiger partial charge in [-0.25, -0.2) is 27.6 Å². The quantitative estimate of drug-likeness (QED) is 0.0748. The van der Waals surface area contributed by atoms with E-state index in [1.54, 1.807) is 39.8 Å². The van der Waals surface area contributed by atoms with E-state index in [9.17, 15) is 44.6 Å². The average molecular weight is 1100 g/mol. The van der Waals surface area contributed by atoms with E-state index in [1.165, 1.54) is 57.4 Å². The predicted octanol–water partition coefficient (Wildman–Crippen LogP) is 8.75. The summed E-state index contributed by atoms with van der Waals surface area (Å²) in [5, 5.41) is 8.77. The van der Waals surface area contributed by atoms with Crippen molar-refractivity contribution in [2.24, 2.45) is 0 Å². The van der Waals surface area contributed by atoms with Gasteiger partial charge in [0, 0.05) is 12.0 Å². The Labute approximate surface area is 432 Å².